The highest BCUT2D eigenvalue weighted by Gasteiger charge is 2.26. The number of hydrazine groups is 1. The maximum absolute atomic E-state index is 5.60. The van der Waals surface area contributed by atoms with E-state index < -0.39 is 0 Å². The van der Waals surface area contributed by atoms with Crippen molar-refractivity contribution in [3.05, 3.63) is 10.7 Å². The van der Waals surface area contributed by atoms with E-state index >= 15 is 0 Å². The second-order valence-electron chi connectivity index (χ2n) is 4.15. The zero-order valence-electron chi connectivity index (χ0n) is 9.85. The summed E-state index contributed by atoms with van der Waals surface area (Å²) in [5.74, 6) is 6.58. The molecule has 7 heteroatoms. The quantitative estimate of drug-likeness (QED) is 0.630. The van der Waals surface area contributed by atoms with E-state index in [0.717, 1.165) is 16.8 Å². The molecule has 1 saturated heterocycles. The van der Waals surface area contributed by atoms with Crippen LogP contribution >= 0.6 is 15.9 Å². The summed E-state index contributed by atoms with van der Waals surface area (Å²) in [7, 11) is 0. The van der Waals surface area contributed by atoms with Crippen molar-refractivity contribution < 1.29 is 4.74 Å². The van der Waals surface area contributed by atoms with E-state index in [2.05, 4.69) is 50.1 Å². The van der Waals surface area contributed by atoms with Crippen molar-refractivity contribution in [2.45, 2.75) is 26.0 Å². The average Bonchev–Trinajstić information content (AvgIpc) is 2.33. The summed E-state index contributed by atoms with van der Waals surface area (Å²) in [6, 6.07) is 0.281. The molecule has 0 amide bonds. The van der Waals surface area contributed by atoms with E-state index in [4.69, 9.17) is 10.6 Å². The fourth-order valence-electron chi connectivity index (χ4n) is 1.83. The minimum absolute atomic E-state index is 0.197. The Morgan fingerprint density at radius 1 is 1.59 bits per heavy atom. The van der Waals surface area contributed by atoms with Crippen LogP contribution in [0.5, 0.6) is 0 Å². The molecule has 2 unspecified atom stereocenters. The van der Waals surface area contributed by atoms with Crippen molar-refractivity contribution >= 4 is 27.7 Å². The molecular weight excluding hydrogens is 286 g/mol. The van der Waals surface area contributed by atoms with Crippen molar-refractivity contribution in [3.8, 4) is 0 Å². The molecule has 6 nitrogen and oxygen atoms in total. The van der Waals surface area contributed by atoms with Crippen LogP contribution in [0, 0.1) is 0 Å². The van der Waals surface area contributed by atoms with Crippen LogP contribution in [0.1, 0.15) is 13.8 Å². The molecule has 0 spiro atoms. The number of morpholine rings is 1. The van der Waals surface area contributed by atoms with Gasteiger partial charge in [0, 0.05) is 12.7 Å². The van der Waals surface area contributed by atoms with Gasteiger partial charge in [0.2, 0.25) is 5.95 Å². The molecule has 0 bridgehead atoms. The smallest absolute Gasteiger partial charge is 0.239 e. The lowest BCUT2D eigenvalue weighted by Gasteiger charge is -2.38. The molecule has 0 aromatic carbocycles. The van der Waals surface area contributed by atoms with Crippen molar-refractivity contribution in [2.24, 2.45) is 5.84 Å². The van der Waals surface area contributed by atoms with Gasteiger partial charge in [0.15, 0.2) is 0 Å². The molecule has 1 aromatic heterocycles. The molecule has 0 saturated carbocycles. The number of anilines is 2. The Bertz CT molecular complexity index is 402. The molecule has 2 rings (SSSR count). The first kappa shape index (κ1) is 12.5. The van der Waals surface area contributed by atoms with Crippen molar-refractivity contribution in [3.63, 3.8) is 0 Å². The summed E-state index contributed by atoms with van der Waals surface area (Å²) in [5.41, 5.74) is 2.46. The van der Waals surface area contributed by atoms with Crippen LogP contribution in [0.4, 0.5) is 11.8 Å². The summed E-state index contributed by atoms with van der Waals surface area (Å²) < 4.78 is 6.46. The molecule has 0 aliphatic carbocycles. The van der Waals surface area contributed by atoms with E-state index in [1.165, 1.54) is 0 Å². The number of aromatic nitrogens is 2. The number of rotatable bonds is 2. The number of hydrogen-bond acceptors (Lipinski definition) is 6. The van der Waals surface area contributed by atoms with Crippen LogP contribution in [-0.4, -0.2) is 35.3 Å². The Kier molecular flexibility index (Phi) is 3.80. The highest BCUT2D eigenvalue weighted by atomic mass is 79.9. The monoisotopic (exact) mass is 301 g/mol. The average molecular weight is 302 g/mol. The first-order valence-electron chi connectivity index (χ1n) is 5.49. The molecule has 2 heterocycles. The number of nitrogens with two attached hydrogens (primary N) is 1. The molecule has 1 aliphatic heterocycles. The van der Waals surface area contributed by atoms with Gasteiger partial charge in [0.25, 0.3) is 0 Å². The van der Waals surface area contributed by atoms with Crippen LogP contribution < -0.4 is 16.2 Å². The van der Waals surface area contributed by atoms with Gasteiger partial charge in [-0.15, -0.1) is 0 Å². The topological polar surface area (TPSA) is 76.3 Å². The first-order chi connectivity index (χ1) is 8.11. The molecule has 1 aliphatic rings. The van der Waals surface area contributed by atoms with Gasteiger partial charge >= 0.3 is 0 Å². The molecule has 17 heavy (non-hydrogen) atoms. The highest BCUT2D eigenvalue weighted by molar-refractivity contribution is 9.10. The fourth-order valence-corrected chi connectivity index (χ4v) is 2.25. The van der Waals surface area contributed by atoms with Gasteiger partial charge in [-0.1, -0.05) is 0 Å². The molecule has 94 valence electrons. The summed E-state index contributed by atoms with van der Waals surface area (Å²) in [4.78, 5) is 10.6. The molecule has 1 fully saturated rings. The van der Waals surface area contributed by atoms with E-state index in [1.54, 1.807) is 6.20 Å². The van der Waals surface area contributed by atoms with Crippen molar-refractivity contribution in [1.82, 2.24) is 9.97 Å². The Morgan fingerprint density at radius 3 is 3.06 bits per heavy atom. The summed E-state index contributed by atoms with van der Waals surface area (Å²) in [5, 5.41) is 0. The number of nitrogens with one attached hydrogen (secondary N) is 1. The van der Waals surface area contributed by atoms with Crippen LogP contribution in [0.25, 0.3) is 0 Å². The summed E-state index contributed by atoms with van der Waals surface area (Å²) >= 11 is 3.47. The number of hydrogen-bond donors (Lipinski definition) is 2. The Labute approximate surface area is 109 Å². The second-order valence-corrected chi connectivity index (χ2v) is 5.01. The molecule has 0 radical (unpaired) electrons. The van der Waals surface area contributed by atoms with Gasteiger partial charge in [0.05, 0.1) is 23.2 Å². The first-order valence-corrected chi connectivity index (χ1v) is 6.28. The number of nitrogens with zero attached hydrogens (tertiary/aromatic N) is 3. The third-order valence-corrected chi connectivity index (χ3v) is 3.29. The van der Waals surface area contributed by atoms with Gasteiger partial charge < -0.3 is 9.64 Å². The van der Waals surface area contributed by atoms with Gasteiger partial charge in [-0.05, 0) is 29.8 Å². The predicted molar refractivity (Wildman–Crippen MR) is 69.8 cm³/mol. The highest BCUT2D eigenvalue weighted by Crippen LogP contribution is 2.28. The van der Waals surface area contributed by atoms with Crippen LogP contribution in [0.3, 0.4) is 0 Å². The van der Waals surface area contributed by atoms with Gasteiger partial charge in [-0.2, -0.15) is 4.98 Å². The van der Waals surface area contributed by atoms with Gasteiger partial charge in [-0.25, -0.2) is 10.8 Å². The minimum atomic E-state index is 0.197. The second kappa shape index (κ2) is 5.16. The maximum Gasteiger partial charge on any atom is 0.239 e. The van der Waals surface area contributed by atoms with E-state index in [0.29, 0.717) is 12.6 Å². The van der Waals surface area contributed by atoms with E-state index in [9.17, 15) is 0 Å². The number of ether oxygens (including phenoxy) is 1. The normalized spacial score (nSPS) is 24.8. The molecule has 3 N–H and O–H groups in total. The van der Waals surface area contributed by atoms with Crippen LogP contribution in [0.2, 0.25) is 0 Å². The predicted octanol–water partition coefficient (Wildman–Crippen LogP) is 1.14. The molecule has 2 atom stereocenters. The minimum Gasteiger partial charge on any atom is -0.375 e. The lowest BCUT2D eigenvalue weighted by molar-refractivity contribution is 0.0340. The van der Waals surface area contributed by atoms with E-state index in [1.807, 2.05) is 0 Å². The Balaban J connectivity index is 2.30. The lowest BCUT2D eigenvalue weighted by atomic mass is 10.2. The van der Waals surface area contributed by atoms with Gasteiger partial charge in [-0.3, -0.25) is 5.43 Å². The zero-order chi connectivity index (χ0) is 12.4. The Morgan fingerprint density at radius 2 is 2.35 bits per heavy atom. The van der Waals surface area contributed by atoms with Crippen LogP contribution in [0.15, 0.2) is 10.7 Å². The summed E-state index contributed by atoms with van der Waals surface area (Å²) in [6.07, 6.45) is 1.90. The fraction of sp³-hybridized carbons (Fsp3) is 0.600. The van der Waals surface area contributed by atoms with Gasteiger partial charge in [0.1, 0.15) is 5.82 Å². The third kappa shape index (κ3) is 2.67. The number of nitrogen functional groups attached to an aromatic ring is 1. The maximum atomic E-state index is 5.60. The number of halogens is 1. The SMILES string of the molecule is CC1CN(c2nc(NN)ncc2Br)C(C)CO1. The lowest BCUT2D eigenvalue weighted by Crippen LogP contribution is -2.48. The zero-order valence-corrected chi connectivity index (χ0v) is 11.4. The Hall–Kier alpha value is -0.920. The van der Waals surface area contributed by atoms with Crippen LogP contribution in [-0.2, 0) is 4.74 Å². The molecular formula is C10H16BrN5O. The molecule has 1 aromatic rings. The standard InChI is InChI=1S/C10H16BrN5O/c1-6-5-17-7(2)4-16(6)9-8(11)3-13-10(14-9)15-12/h3,6-7H,4-5,12H2,1-2H3,(H,13,14,15). The summed E-state index contributed by atoms with van der Waals surface area (Å²) in [6.45, 7) is 5.66. The van der Waals surface area contributed by atoms with E-state index in [-0.39, 0.29) is 12.1 Å². The third-order valence-electron chi connectivity index (χ3n) is 2.73. The van der Waals surface area contributed by atoms with Crippen molar-refractivity contribution in [2.75, 3.05) is 23.5 Å². The largest absolute Gasteiger partial charge is 0.375 e. The van der Waals surface area contributed by atoms with Crippen molar-refractivity contribution in [1.29, 1.82) is 0 Å².